The number of nitrogens with one attached hydrogen (secondary N) is 2. The molecule has 0 aliphatic carbocycles. The molecule has 2 rings (SSSR count). The first kappa shape index (κ1) is 21.3. The molecule has 8 nitrogen and oxygen atoms in total. The second-order valence-corrected chi connectivity index (χ2v) is 8.67. The fourth-order valence-electron chi connectivity index (χ4n) is 3.10. The van der Waals surface area contributed by atoms with Crippen molar-refractivity contribution in [2.24, 2.45) is 5.41 Å². The summed E-state index contributed by atoms with van der Waals surface area (Å²) in [6.07, 6.45) is 2.24. The minimum absolute atomic E-state index is 0.0607. The Morgan fingerprint density at radius 2 is 1.89 bits per heavy atom. The van der Waals surface area contributed by atoms with Crippen molar-refractivity contribution in [3.8, 4) is 0 Å². The van der Waals surface area contributed by atoms with Gasteiger partial charge in [0.05, 0.1) is 29.1 Å². The number of piperidine rings is 1. The van der Waals surface area contributed by atoms with Crippen LogP contribution in [0.1, 0.15) is 30.1 Å². The predicted molar refractivity (Wildman–Crippen MR) is 101 cm³/mol. The van der Waals surface area contributed by atoms with Crippen molar-refractivity contribution in [3.05, 3.63) is 23.8 Å². The molecule has 0 unspecified atom stereocenters. The van der Waals surface area contributed by atoms with E-state index in [9.17, 15) is 18.0 Å². The summed E-state index contributed by atoms with van der Waals surface area (Å²) in [5.41, 5.74) is -0.397. The number of hydrogen-bond acceptors (Lipinski definition) is 7. The highest BCUT2D eigenvalue weighted by atomic mass is 32.2. The van der Waals surface area contributed by atoms with E-state index in [2.05, 4.69) is 10.6 Å². The van der Waals surface area contributed by atoms with E-state index >= 15 is 0 Å². The number of benzene rings is 1. The maximum absolute atomic E-state index is 13.0. The minimum atomic E-state index is -3.58. The van der Waals surface area contributed by atoms with Crippen molar-refractivity contribution in [2.75, 3.05) is 45.0 Å². The largest absolute Gasteiger partial charge is 0.462 e. The summed E-state index contributed by atoms with van der Waals surface area (Å²) in [5, 5.41) is 5.98. The van der Waals surface area contributed by atoms with Crippen LogP contribution in [0.5, 0.6) is 0 Å². The van der Waals surface area contributed by atoms with Crippen LogP contribution in [-0.2, 0) is 24.1 Å². The van der Waals surface area contributed by atoms with Gasteiger partial charge in [0.1, 0.15) is 0 Å². The summed E-state index contributed by atoms with van der Waals surface area (Å²) < 4.78 is 34.2. The van der Waals surface area contributed by atoms with Crippen molar-refractivity contribution >= 4 is 27.4 Å². The lowest BCUT2D eigenvalue weighted by Gasteiger charge is -2.35. The van der Waals surface area contributed by atoms with E-state index in [1.165, 1.54) is 18.2 Å². The molecule has 0 spiro atoms. The molecular formula is C18H26N2O6S. The second-order valence-electron chi connectivity index (χ2n) is 6.66. The van der Waals surface area contributed by atoms with Gasteiger partial charge < -0.3 is 20.1 Å². The standard InChI is InChI=1S/C18H26N2O6S/c1-4-26-16(21)13-9-14(11-15(10-13)27(3,23)24)20-17(22)18(12-25-2)5-7-19-8-6-18/h9-11,19H,4-8,12H2,1-3H3,(H,20,22). The number of amides is 1. The molecular weight excluding hydrogens is 372 g/mol. The van der Waals surface area contributed by atoms with Crippen molar-refractivity contribution < 1.29 is 27.5 Å². The fourth-order valence-corrected chi connectivity index (χ4v) is 3.78. The number of carbonyl (C=O) groups excluding carboxylic acids is 2. The zero-order valence-electron chi connectivity index (χ0n) is 15.8. The summed E-state index contributed by atoms with van der Waals surface area (Å²) in [4.78, 5) is 25.0. The third-order valence-corrected chi connectivity index (χ3v) is 5.66. The molecule has 1 aromatic carbocycles. The molecule has 0 atom stereocenters. The number of ether oxygens (including phenoxy) is 2. The van der Waals surface area contributed by atoms with Gasteiger partial charge in [-0.25, -0.2) is 13.2 Å². The maximum atomic E-state index is 13.0. The van der Waals surface area contributed by atoms with Crippen molar-refractivity contribution in [2.45, 2.75) is 24.7 Å². The van der Waals surface area contributed by atoms with Gasteiger partial charge in [-0.15, -0.1) is 0 Å². The molecule has 1 saturated heterocycles. The van der Waals surface area contributed by atoms with Gasteiger partial charge in [-0.1, -0.05) is 0 Å². The van der Waals surface area contributed by atoms with Crippen LogP contribution in [0.25, 0.3) is 0 Å². The van der Waals surface area contributed by atoms with Crippen molar-refractivity contribution in [3.63, 3.8) is 0 Å². The van der Waals surface area contributed by atoms with Gasteiger partial charge in [0.15, 0.2) is 9.84 Å². The first-order chi connectivity index (χ1) is 12.7. The van der Waals surface area contributed by atoms with E-state index < -0.39 is 21.2 Å². The highest BCUT2D eigenvalue weighted by Gasteiger charge is 2.39. The van der Waals surface area contributed by atoms with E-state index in [4.69, 9.17) is 9.47 Å². The van der Waals surface area contributed by atoms with Crippen LogP contribution in [0.2, 0.25) is 0 Å². The Morgan fingerprint density at radius 3 is 2.44 bits per heavy atom. The molecule has 0 radical (unpaired) electrons. The number of sulfone groups is 1. The van der Waals surface area contributed by atoms with Crippen LogP contribution in [0, 0.1) is 5.41 Å². The molecule has 1 amide bonds. The van der Waals surface area contributed by atoms with Crippen LogP contribution in [0.4, 0.5) is 5.69 Å². The average molecular weight is 398 g/mol. The van der Waals surface area contributed by atoms with E-state index in [0.29, 0.717) is 25.9 Å². The first-order valence-corrected chi connectivity index (χ1v) is 10.6. The number of methoxy groups -OCH3 is 1. The van der Waals surface area contributed by atoms with E-state index in [1.54, 1.807) is 14.0 Å². The molecule has 27 heavy (non-hydrogen) atoms. The van der Waals surface area contributed by atoms with Gasteiger partial charge in [-0.05, 0) is 51.1 Å². The van der Waals surface area contributed by atoms with Crippen LogP contribution < -0.4 is 10.6 Å². The Kier molecular flexibility index (Phi) is 6.96. The monoisotopic (exact) mass is 398 g/mol. The molecule has 1 fully saturated rings. The van der Waals surface area contributed by atoms with Crippen LogP contribution >= 0.6 is 0 Å². The van der Waals surface area contributed by atoms with Gasteiger partial charge >= 0.3 is 5.97 Å². The van der Waals surface area contributed by atoms with Crippen LogP contribution in [-0.4, -0.2) is 60.0 Å². The number of esters is 1. The predicted octanol–water partition coefficient (Wildman–Crippen LogP) is 1.22. The lowest BCUT2D eigenvalue weighted by molar-refractivity contribution is -0.130. The summed E-state index contributed by atoms with van der Waals surface area (Å²) in [5.74, 6) is -0.904. The van der Waals surface area contributed by atoms with Gasteiger partial charge in [0.2, 0.25) is 5.91 Å². The van der Waals surface area contributed by atoms with E-state index in [0.717, 1.165) is 6.26 Å². The highest BCUT2D eigenvalue weighted by molar-refractivity contribution is 7.90. The number of carbonyl (C=O) groups is 2. The van der Waals surface area contributed by atoms with Gasteiger partial charge in [-0.2, -0.15) is 0 Å². The van der Waals surface area contributed by atoms with E-state index in [-0.39, 0.29) is 35.3 Å². The highest BCUT2D eigenvalue weighted by Crippen LogP contribution is 2.31. The van der Waals surface area contributed by atoms with Crippen molar-refractivity contribution in [1.29, 1.82) is 0 Å². The normalized spacial score (nSPS) is 16.6. The van der Waals surface area contributed by atoms with Crippen molar-refractivity contribution in [1.82, 2.24) is 5.32 Å². The molecule has 1 aliphatic rings. The van der Waals surface area contributed by atoms with Crippen LogP contribution in [0.3, 0.4) is 0 Å². The van der Waals surface area contributed by atoms with Gasteiger partial charge in [0, 0.05) is 19.1 Å². The molecule has 0 saturated carbocycles. The average Bonchev–Trinajstić information content (AvgIpc) is 2.62. The SMILES string of the molecule is CCOC(=O)c1cc(NC(=O)C2(COC)CCNCC2)cc(S(C)(=O)=O)c1. The Hall–Kier alpha value is -1.97. The molecule has 0 bridgehead atoms. The van der Waals surface area contributed by atoms with E-state index in [1.807, 2.05) is 0 Å². The lowest BCUT2D eigenvalue weighted by Crippen LogP contribution is -2.47. The second kappa shape index (κ2) is 8.81. The Balaban J connectivity index is 2.37. The Bertz CT molecular complexity index is 795. The number of rotatable bonds is 7. The van der Waals surface area contributed by atoms with Crippen LogP contribution in [0.15, 0.2) is 23.1 Å². The Labute approximate surface area is 159 Å². The molecule has 1 heterocycles. The smallest absolute Gasteiger partial charge is 0.338 e. The molecule has 0 aromatic heterocycles. The quantitative estimate of drug-likeness (QED) is 0.665. The molecule has 1 aliphatic heterocycles. The molecule has 9 heteroatoms. The fraction of sp³-hybridized carbons (Fsp3) is 0.556. The minimum Gasteiger partial charge on any atom is -0.462 e. The lowest BCUT2D eigenvalue weighted by atomic mass is 9.78. The van der Waals surface area contributed by atoms with Gasteiger partial charge in [0.25, 0.3) is 0 Å². The molecule has 2 N–H and O–H groups in total. The molecule has 1 aromatic rings. The summed E-state index contributed by atoms with van der Waals surface area (Å²) in [7, 11) is -2.03. The zero-order chi connectivity index (χ0) is 20.1. The summed E-state index contributed by atoms with van der Waals surface area (Å²) in [6.45, 7) is 3.46. The number of anilines is 1. The number of hydrogen-bond donors (Lipinski definition) is 2. The summed E-state index contributed by atoms with van der Waals surface area (Å²) in [6, 6.07) is 4.02. The summed E-state index contributed by atoms with van der Waals surface area (Å²) >= 11 is 0. The topological polar surface area (TPSA) is 111 Å². The zero-order valence-corrected chi connectivity index (χ0v) is 16.6. The maximum Gasteiger partial charge on any atom is 0.338 e. The van der Waals surface area contributed by atoms with Gasteiger partial charge in [-0.3, -0.25) is 4.79 Å². The third kappa shape index (κ3) is 5.27. The Morgan fingerprint density at radius 1 is 1.22 bits per heavy atom. The molecule has 150 valence electrons. The first-order valence-electron chi connectivity index (χ1n) is 8.75. The third-order valence-electron chi connectivity index (χ3n) is 4.57.